The maximum atomic E-state index is 11.9. The fraction of sp³-hybridized carbons (Fsp3) is 0.500. The molecule has 0 radical (unpaired) electrons. The Morgan fingerprint density at radius 2 is 2.15 bits per heavy atom. The number of nitrogens with one attached hydrogen (secondary N) is 2. The van der Waals surface area contributed by atoms with E-state index in [0.29, 0.717) is 0 Å². The number of hydrogen-bond acceptors (Lipinski definition) is 6. The fourth-order valence-electron chi connectivity index (χ4n) is 1.46. The molecule has 1 saturated carbocycles. The smallest absolute Gasteiger partial charge is 0.356 e. The molecule has 2 rings (SSSR count). The number of rotatable bonds is 7. The lowest BCUT2D eigenvalue weighted by Crippen LogP contribution is -2.32. The zero-order valence-corrected chi connectivity index (χ0v) is 12.0. The van der Waals surface area contributed by atoms with Crippen LogP contribution >= 0.6 is 11.3 Å². The Bertz CT molecular complexity index is 621. The Morgan fingerprint density at radius 1 is 1.45 bits per heavy atom. The van der Waals surface area contributed by atoms with E-state index in [2.05, 4.69) is 15.0 Å². The second-order valence-electron chi connectivity index (χ2n) is 4.28. The lowest BCUT2D eigenvalue weighted by molar-refractivity contribution is -0.121. The second-order valence-corrected chi connectivity index (χ2v) is 7.10. The fourth-order valence-corrected chi connectivity index (χ4v) is 3.68. The first-order chi connectivity index (χ1) is 9.40. The van der Waals surface area contributed by atoms with Gasteiger partial charge in [0.25, 0.3) is 10.0 Å². The average molecular weight is 319 g/mol. The molecule has 1 aliphatic rings. The van der Waals surface area contributed by atoms with E-state index >= 15 is 0 Å². The maximum absolute atomic E-state index is 11.9. The molecule has 3 N–H and O–H groups in total. The van der Waals surface area contributed by atoms with Gasteiger partial charge in [-0.25, -0.2) is 22.9 Å². The summed E-state index contributed by atoms with van der Waals surface area (Å²) >= 11 is 0.721. The lowest BCUT2D eigenvalue weighted by Gasteiger charge is -2.06. The Kier molecular flexibility index (Phi) is 4.35. The van der Waals surface area contributed by atoms with E-state index in [0.717, 1.165) is 29.7 Å². The molecule has 1 fully saturated rings. The molecular formula is C10H13N3O5S2. The summed E-state index contributed by atoms with van der Waals surface area (Å²) in [4.78, 5) is 25.7. The minimum Gasteiger partial charge on any atom is -0.476 e. The molecule has 10 heteroatoms. The normalized spacial score (nSPS) is 15.0. The zero-order chi connectivity index (χ0) is 14.8. The van der Waals surface area contributed by atoms with E-state index in [9.17, 15) is 18.0 Å². The van der Waals surface area contributed by atoms with Gasteiger partial charge in [-0.3, -0.25) is 4.79 Å². The van der Waals surface area contributed by atoms with Crippen molar-refractivity contribution in [1.82, 2.24) is 15.0 Å². The Balaban J connectivity index is 1.91. The number of amides is 1. The Morgan fingerprint density at radius 3 is 2.75 bits per heavy atom. The highest BCUT2D eigenvalue weighted by Gasteiger charge is 2.26. The van der Waals surface area contributed by atoms with Gasteiger partial charge in [0.05, 0.1) is 5.51 Å². The standard InChI is InChI=1S/C10H13N3O5S2/c14-7(13-6-1-2-6)3-4-12-20(17,18)10-8(9(15)16)11-5-19-10/h5-6,12H,1-4H2,(H,13,14)(H,15,16). The van der Waals surface area contributed by atoms with Crippen LogP contribution in [0.2, 0.25) is 0 Å². The molecule has 20 heavy (non-hydrogen) atoms. The number of carboxylic acids is 1. The number of sulfonamides is 1. The minimum atomic E-state index is -3.96. The van der Waals surface area contributed by atoms with Crippen LogP contribution in [0.5, 0.6) is 0 Å². The Labute approximate surface area is 119 Å². The monoisotopic (exact) mass is 319 g/mol. The summed E-state index contributed by atoms with van der Waals surface area (Å²) in [5, 5.41) is 11.6. The van der Waals surface area contributed by atoms with Gasteiger partial charge in [0.15, 0.2) is 9.90 Å². The van der Waals surface area contributed by atoms with Crippen LogP contribution in [-0.4, -0.2) is 43.0 Å². The molecule has 1 aliphatic carbocycles. The first-order valence-electron chi connectivity index (χ1n) is 5.86. The lowest BCUT2D eigenvalue weighted by atomic mass is 10.4. The highest BCUT2D eigenvalue weighted by molar-refractivity contribution is 7.91. The highest BCUT2D eigenvalue weighted by Crippen LogP contribution is 2.20. The minimum absolute atomic E-state index is 0.0109. The molecule has 0 aromatic carbocycles. The van der Waals surface area contributed by atoms with Crippen molar-refractivity contribution in [2.24, 2.45) is 0 Å². The average Bonchev–Trinajstić information content (AvgIpc) is 3.01. The van der Waals surface area contributed by atoms with Crippen molar-refractivity contribution in [1.29, 1.82) is 0 Å². The van der Waals surface area contributed by atoms with Gasteiger partial charge in [-0.1, -0.05) is 0 Å². The van der Waals surface area contributed by atoms with Gasteiger partial charge < -0.3 is 10.4 Å². The summed E-state index contributed by atoms with van der Waals surface area (Å²) in [7, 11) is -3.96. The summed E-state index contributed by atoms with van der Waals surface area (Å²) in [6.45, 7) is -0.0855. The SMILES string of the molecule is O=C(CCNS(=O)(=O)c1scnc1C(=O)O)NC1CC1. The van der Waals surface area contributed by atoms with Crippen molar-refractivity contribution in [3.8, 4) is 0 Å². The summed E-state index contributed by atoms with van der Waals surface area (Å²) in [6, 6.07) is 0.221. The van der Waals surface area contributed by atoms with Crippen LogP contribution in [0.25, 0.3) is 0 Å². The number of nitrogens with zero attached hydrogens (tertiary/aromatic N) is 1. The van der Waals surface area contributed by atoms with Crippen molar-refractivity contribution in [3.05, 3.63) is 11.2 Å². The van der Waals surface area contributed by atoms with Crippen molar-refractivity contribution >= 4 is 33.2 Å². The van der Waals surface area contributed by atoms with Crippen LogP contribution in [0.15, 0.2) is 9.72 Å². The highest BCUT2D eigenvalue weighted by atomic mass is 32.2. The van der Waals surface area contributed by atoms with Gasteiger partial charge in [0, 0.05) is 19.0 Å². The quantitative estimate of drug-likeness (QED) is 0.638. The molecule has 1 aromatic heterocycles. The van der Waals surface area contributed by atoms with Crippen molar-refractivity contribution < 1.29 is 23.1 Å². The van der Waals surface area contributed by atoms with Crippen LogP contribution in [-0.2, 0) is 14.8 Å². The van der Waals surface area contributed by atoms with Crippen molar-refractivity contribution in [3.63, 3.8) is 0 Å². The van der Waals surface area contributed by atoms with Gasteiger partial charge in [0.2, 0.25) is 5.91 Å². The number of thiazole rings is 1. The molecule has 0 unspecified atom stereocenters. The topological polar surface area (TPSA) is 125 Å². The molecule has 0 saturated heterocycles. The molecule has 0 atom stereocenters. The van der Waals surface area contributed by atoms with E-state index < -0.39 is 21.7 Å². The van der Waals surface area contributed by atoms with E-state index in [-0.39, 0.29) is 29.1 Å². The number of carbonyl (C=O) groups is 2. The second kappa shape index (κ2) is 5.85. The van der Waals surface area contributed by atoms with E-state index in [1.54, 1.807) is 0 Å². The third-order valence-corrected chi connectivity index (χ3v) is 5.40. The molecule has 0 bridgehead atoms. The van der Waals surface area contributed by atoms with E-state index in [4.69, 9.17) is 5.11 Å². The zero-order valence-electron chi connectivity index (χ0n) is 10.3. The van der Waals surface area contributed by atoms with Crippen LogP contribution in [0.1, 0.15) is 29.8 Å². The number of carboxylic acid groups (broad SMARTS) is 1. The summed E-state index contributed by atoms with van der Waals surface area (Å²) in [5.74, 6) is -1.63. The van der Waals surface area contributed by atoms with E-state index in [1.165, 1.54) is 0 Å². The molecule has 1 heterocycles. The van der Waals surface area contributed by atoms with Crippen LogP contribution in [0.3, 0.4) is 0 Å². The largest absolute Gasteiger partial charge is 0.476 e. The van der Waals surface area contributed by atoms with Crippen LogP contribution < -0.4 is 10.0 Å². The summed E-state index contributed by atoms with van der Waals surface area (Å²) < 4.78 is 25.6. The van der Waals surface area contributed by atoms with Crippen LogP contribution in [0, 0.1) is 0 Å². The molecule has 0 spiro atoms. The summed E-state index contributed by atoms with van der Waals surface area (Å²) in [5.41, 5.74) is 0.641. The first-order valence-corrected chi connectivity index (χ1v) is 8.22. The van der Waals surface area contributed by atoms with Gasteiger partial charge >= 0.3 is 5.97 Å². The number of hydrogen-bond donors (Lipinski definition) is 3. The van der Waals surface area contributed by atoms with Gasteiger partial charge in [-0.2, -0.15) is 0 Å². The molecular weight excluding hydrogens is 306 g/mol. The predicted octanol–water partition coefficient (Wildman–Crippen LogP) is -0.212. The Hall–Kier alpha value is -1.52. The third kappa shape index (κ3) is 3.74. The van der Waals surface area contributed by atoms with E-state index in [1.807, 2.05) is 0 Å². The summed E-state index contributed by atoms with van der Waals surface area (Å²) in [6.07, 6.45) is 1.93. The first kappa shape index (κ1) is 14.9. The molecule has 1 amide bonds. The maximum Gasteiger partial charge on any atom is 0.356 e. The number of carbonyl (C=O) groups excluding carboxylic acids is 1. The molecule has 1 aromatic rings. The van der Waals surface area contributed by atoms with Gasteiger partial charge in [0.1, 0.15) is 0 Å². The number of aromatic nitrogens is 1. The molecule has 8 nitrogen and oxygen atoms in total. The predicted molar refractivity (Wildman–Crippen MR) is 70.0 cm³/mol. The molecule has 0 aliphatic heterocycles. The van der Waals surface area contributed by atoms with Gasteiger partial charge in [-0.15, -0.1) is 11.3 Å². The van der Waals surface area contributed by atoms with Crippen molar-refractivity contribution in [2.75, 3.05) is 6.54 Å². The van der Waals surface area contributed by atoms with Gasteiger partial charge in [-0.05, 0) is 12.8 Å². The third-order valence-electron chi connectivity index (χ3n) is 2.57. The number of aromatic carboxylic acids is 1. The molecule has 110 valence electrons. The van der Waals surface area contributed by atoms with Crippen LogP contribution in [0.4, 0.5) is 0 Å². The van der Waals surface area contributed by atoms with Crippen molar-refractivity contribution in [2.45, 2.75) is 29.5 Å².